The van der Waals surface area contributed by atoms with Crippen LogP contribution in [0.4, 0.5) is 0 Å². The number of aliphatic imine (C=N–C) groups is 1. The highest BCUT2D eigenvalue weighted by Crippen LogP contribution is 2.21. The largest absolute Gasteiger partial charge is 0.357 e. The normalized spacial score (nSPS) is 16.5. The van der Waals surface area contributed by atoms with E-state index in [1.54, 1.807) is 11.3 Å². The van der Waals surface area contributed by atoms with Crippen molar-refractivity contribution in [1.82, 2.24) is 15.1 Å². The number of nitrogens with one attached hydrogen (secondary N) is 1. The molecule has 0 bridgehead atoms. The molecule has 0 spiro atoms. The maximum atomic E-state index is 4.80. The van der Waals surface area contributed by atoms with Gasteiger partial charge in [-0.2, -0.15) is 11.3 Å². The third-order valence-electron chi connectivity index (χ3n) is 4.36. The quantitative estimate of drug-likeness (QED) is 0.618. The number of hydrogen-bond acceptors (Lipinski definition) is 3. The van der Waals surface area contributed by atoms with Gasteiger partial charge in [-0.15, -0.1) is 0 Å². The van der Waals surface area contributed by atoms with Crippen LogP contribution < -0.4 is 5.32 Å². The van der Waals surface area contributed by atoms with Crippen LogP contribution >= 0.6 is 11.3 Å². The van der Waals surface area contributed by atoms with Crippen LogP contribution in [0, 0.1) is 0 Å². The molecule has 1 aromatic heterocycles. The molecule has 0 amide bonds. The monoisotopic (exact) mass is 322 g/mol. The SMILES string of the molecule is CCNC(=NCCN(C)C1CCCC1)N(C)Cc1ccsc1. The van der Waals surface area contributed by atoms with E-state index in [1.807, 2.05) is 0 Å². The minimum absolute atomic E-state index is 0.779. The molecule has 22 heavy (non-hydrogen) atoms. The van der Waals surface area contributed by atoms with Gasteiger partial charge in [-0.05, 0) is 49.2 Å². The van der Waals surface area contributed by atoms with Gasteiger partial charge in [0.05, 0.1) is 6.54 Å². The minimum atomic E-state index is 0.779. The van der Waals surface area contributed by atoms with Crippen molar-refractivity contribution < 1.29 is 0 Å². The lowest BCUT2D eigenvalue weighted by atomic mass is 10.2. The Hall–Kier alpha value is -1.07. The van der Waals surface area contributed by atoms with Crippen molar-refractivity contribution in [3.63, 3.8) is 0 Å². The number of hydrogen-bond donors (Lipinski definition) is 1. The summed E-state index contributed by atoms with van der Waals surface area (Å²) in [6.45, 7) is 5.85. The van der Waals surface area contributed by atoms with Crippen LogP contribution in [0.5, 0.6) is 0 Å². The number of nitrogens with zero attached hydrogens (tertiary/aromatic N) is 3. The lowest BCUT2D eigenvalue weighted by Crippen LogP contribution is -2.39. The number of rotatable bonds is 7. The average Bonchev–Trinajstić information content (AvgIpc) is 3.19. The zero-order chi connectivity index (χ0) is 15.8. The second-order valence-electron chi connectivity index (χ2n) is 6.14. The van der Waals surface area contributed by atoms with Crippen LogP contribution in [0.15, 0.2) is 21.8 Å². The average molecular weight is 323 g/mol. The van der Waals surface area contributed by atoms with Gasteiger partial charge >= 0.3 is 0 Å². The molecule has 4 nitrogen and oxygen atoms in total. The zero-order valence-corrected chi connectivity index (χ0v) is 15.0. The van der Waals surface area contributed by atoms with Crippen molar-refractivity contribution in [2.75, 3.05) is 33.7 Å². The number of likely N-dealkylation sites (N-methyl/N-ethyl adjacent to an activating group) is 1. The molecular formula is C17H30N4S. The van der Waals surface area contributed by atoms with Gasteiger partial charge in [0.15, 0.2) is 5.96 Å². The molecule has 1 saturated carbocycles. The van der Waals surface area contributed by atoms with Crippen molar-refractivity contribution in [1.29, 1.82) is 0 Å². The fourth-order valence-corrected chi connectivity index (χ4v) is 3.70. The summed E-state index contributed by atoms with van der Waals surface area (Å²) < 4.78 is 0. The van der Waals surface area contributed by atoms with Gasteiger partial charge in [0.1, 0.15) is 0 Å². The highest BCUT2D eigenvalue weighted by molar-refractivity contribution is 7.07. The Morgan fingerprint density at radius 2 is 2.14 bits per heavy atom. The van der Waals surface area contributed by atoms with Gasteiger partial charge < -0.3 is 15.1 Å². The first-order valence-corrected chi connectivity index (χ1v) is 9.35. The summed E-state index contributed by atoms with van der Waals surface area (Å²) in [5.74, 6) is 1.01. The molecule has 0 radical (unpaired) electrons. The first-order chi connectivity index (χ1) is 10.7. The van der Waals surface area contributed by atoms with E-state index < -0.39 is 0 Å². The van der Waals surface area contributed by atoms with E-state index in [2.05, 4.69) is 53.0 Å². The molecule has 0 aromatic carbocycles. The van der Waals surface area contributed by atoms with Gasteiger partial charge in [-0.1, -0.05) is 12.8 Å². The molecule has 1 N–H and O–H groups in total. The third-order valence-corrected chi connectivity index (χ3v) is 5.09. The van der Waals surface area contributed by atoms with Crippen molar-refractivity contribution in [2.24, 2.45) is 4.99 Å². The van der Waals surface area contributed by atoms with Gasteiger partial charge in [0.2, 0.25) is 0 Å². The van der Waals surface area contributed by atoms with Gasteiger partial charge in [0.25, 0.3) is 0 Å². The van der Waals surface area contributed by atoms with Crippen molar-refractivity contribution in [3.8, 4) is 0 Å². The van der Waals surface area contributed by atoms with Crippen LogP contribution in [0.3, 0.4) is 0 Å². The molecule has 1 aromatic rings. The Balaban J connectivity index is 1.83. The minimum Gasteiger partial charge on any atom is -0.357 e. The second-order valence-corrected chi connectivity index (χ2v) is 6.92. The van der Waals surface area contributed by atoms with Crippen LogP contribution in [0.25, 0.3) is 0 Å². The summed E-state index contributed by atoms with van der Waals surface area (Å²) in [4.78, 5) is 9.49. The van der Waals surface area contributed by atoms with E-state index in [0.29, 0.717) is 0 Å². The number of guanidine groups is 1. The molecule has 0 aliphatic heterocycles. The van der Waals surface area contributed by atoms with Crippen molar-refractivity contribution in [3.05, 3.63) is 22.4 Å². The summed E-state index contributed by atoms with van der Waals surface area (Å²) in [5, 5.41) is 7.73. The highest BCUT2D eigenvalue weighted by atomic mass is 32.1. The van der Waals surface area contributed by atoms with Gasteiger partial charge in [-0.25, -0.2) is 0 Å². The fraction of sp³-hybridized carbons (Fsp3) is 0.706. The lowest BCUT2D eigenvalue weighted by molar-refractivity contribution is 0.252. The Kier molecular flexibility index (Phi) is 7.19. The van der Waals surface area contributed by atoms with Crippen LogP contribution in [-0.2, 0) is 6.54 Å². The Bertz CT molecular complexity index is 438. The molecule has 0 unspecified atom stereocenters. The summed E-state index contributed by atoms with van der Waals surface area (Å²) >= 11 is 1.75. The predicted molar refractivity (Wildman–Crippen MR) is 96.7 cm³/mol. The molecule has 124 valence electrons. The van der Waals surface area contributed by atoms with Crippen LogP contribution in [0.2, 0.25) is 0 Å². The van der Waals surface area contributed by atoms with E-state index in [1.165, 1.54) is 31.2 Å². The molecule has 1 heterocycles. The fourth-order valence-electron chi connectivity index (χ4n) is 3.04. The van der Waals surface area contributed by atoms with E-state index in [0.717, 1.165) is 38.2 Å². The van der Waals surface area contributed by atoms with E-state index in [4.69, 9.17) is 4.99 Å². The molecule has 5 heteroatoms. The first-order valence-electron chi connectivity index (χ1n) is 8.41. The topological polar surface area (TPSA) is 30.9 Å². The smallest absolute Gasteiger partial charge is 0.194 e. The predicted octanol–water partition coefficient (Wildman–Crippen LogP) is 3.02. The van der Waals surface area contributed by atoms with Crippen LogP contribution in [-0.4, -0.2) is 55.5 Å². The molecule has 0 atom stereocenters. The number of thiophene rings is 1. The Morgan fingerprint density at radius 3 is 2.77 bits per heavy atom. The summed E-state index contributed by atoms with van der Waals surface area (Å²) in [7, 11) is 4.35. The maximum Gasteiger partial charge on any atom is 0.194 e. The molecule has 1 aliphatic carbocycles. The third kappa shape index (κ3) is 5.29. The lowest BCUT2D eigenvalue weighted by Gasteiger charge is -2.24. The van der Waals surface area contributed by atoms with Crippen LogP contribution in [0.1, 0.15) is 38.2 Å². The standard InChI is InChI=1S/C17H30N4S/c1-4-18-17(21(3)13-15-9-12-22-14-15)19-10-11-20(2)16-7-5-6-8-16/h9,12,14,16H,4-8,10-11,13H2,1-3H3,(H,18,19). The van der Waals surface area contributed by atoms with Crippen molar-refractivity contribution >= 4 is 17.3 Å². The van der Waals surface area contributed by atoms with E-state index >= 15 is 0 Å². The molecule has 2 rings (SSSR count). The highest BCUT2D eigenvalue weighted by Gasteiger charge is 2.18. The Labute approximate surface area is 139 Å². The summed E-state index contributed by atoms with van der Waals surface area (Å²) in [6, 6.07) is 2.96. The summed E-state index contributed by atoms with van der Waals surface area (Å²) in [5.41, 5.74) is 1.35. The molecule has 0 saturated heterocycles. The summed E-state index contributed by atoms with van der Waals surface area (Å²) in [6.07, 6.45) is 5.51. The zero-order valence-electron chi connectivity index (χ0n) is 14.2. The van der Waals surface area contributed by atoms with Gasteiger partial charge in [0, 0.05) is 32.7 Å². The van der Waals surface area contributed by atoms with E-state index in [-0.39, 0.29) is 0 Å². The second kappa shape index (κ2) is 9.16. The van der Waals surface area contributed by atoms with Gasteiger partial charge in [-0.3, -0.25) is 4.99 Å². The molecular weight excluding hydrogens is 292 g/mol. The van der Waals surface area contributed by atoms with Crippen molar-refractivity contribution in [2.45, 2.75) is 45.2 Å². The molecule has 1 aliphatic rings. The first kappa shape index (κ1) is 17.3. The van der Waals surface area contributed by atoms with E-state index in [9.17, 15) is 0 Å². The Morgan fingerprint density at radius 1 is 1.36 bits per heavy atom. The maximum absolute atomic E-state index is 4.80. The molecule has 1 fully saturated rings.